The summed E-state index contributed by atoms with van der Waals surface area (Å²) < 4.78 is 44.1. The topological polar surface area (TPSA) is 104 Å². The number of nitrogens with one attached hydrogen (secondary N) is 3. The van der Waals surface area contributed by atoms with Gasteiger partial charge in [-0.1, -0.05) is 18.2 Å². The van der Waals surface area contributed by atoms with Crippen LogP contribution in [0.2, 0.25) is 0 Å². The van der Waals surface area contributed by atoms with Gasteiger partial charge < -0.3 is 10.1 Å². The zero-order chi connectivity index (χ0) is 19.9. The van der Waals surface area contributed by atoms with Crippen LogP contribution in [0.5, 0.6) is 0 Å². The van der Waals surface area contributed by atoms with Crippen LogP contribution in [0.3, 0.4) is 0 Å². The number of benzene rings is 1. The third-order valence-electron chi connectivity index (χ3n) is 4.23. The fourth-order valence-electron chi connectivity index (χ4n) is 3.09. The van der Waals surface area contributed by atoms with Crippen molar-refractivity contribution in [2.75, 3.05) is 12.4 Å². The summed E-state index contributed by atoms with van der Waals surface area (Å²) in [6, 6.07) is 4.30. The number of carbonyl (C=O) groups excluding carboxylic acids is 1. The lowest BCUT2D eigenvalue weighted by Gasteiger charge is -2.28. The van der Waals surface area contributed by atoms with Crippen molar-refractivity contribution < 1.29 is 22.7 Å². The Morgan fingerprint density at radius 2 is 1.89 bits per heavy atom. The summed E-state index contributed by atoms with van der Waals surface area (Å²) in [4.78, 5) is 40.7. The van der Waals surface area contributed by atoms with E-state index >= 15 is 0 Å². The number of hydrogen-bond acceptors (Lipinski definition) is 5. The summed E-state index contributed by atoms with van der Waals surface area (Å²) in [6.07, 6.45) is -4.60. The van der Waals surface area contributed by atoms with Gasteiger partial charge in [0.25, 0.3) is 5.56 Å². The predicted octanol–water partition coefficient (Wildman–Crippen LogP) is 2.09. The molecular weight excluding hydrogens is 367 g/mol. The van der Waals surface area contributed by atoms with Crippen LogP contribution in [-0.4, -0.2) is 23.0 Å². The van der Waals surface area contributed by atoms with Gasteiger partial charge in [-0.05, 0) is 18.6 Å². The van der Waals surface area contributed by atoms with Crippen molar-refractivity contribution in [3.8, 4) is 0 Å². The van der Waals surface area contributed by atoms with E-state index in [-0.39, 0.29) is 28.2 Å². The Bertz CT molecular complexity index is 1070. The molecule has 2 heterocycles. The number of hydrogen-bond donors (Lipinski definition) is 3. The average molecular weight is 381 g/mol. The summed E-state index contributed by atoms with van der Waals surface area (Å²) in [5.41, 5.74) is -2.34. The molecule has 1 aromatic carbocycles. The molecule has 1 aliphatic heterocycles. The molecule has 7 nitrogen and oxygen atoms in total. The second-order valence-electron chi connectivity index (χ2n) is 5.91. The number of halogens is 3. The van der Waals surface area contributed by atoms with Crippen LogP contribution in [0, 0.1) is 0 Å². The maximum absolute atomic E-state index is 13.1. The fourth-order valence-corrected chi connectivity index (χ4v) is 3.09. The normalized spacial score (nSPS) is 16.6. The van der Waals surface area contributed by atoms with Gasteiger partial charge in [0.05, 0.1) is 29.7 Å². The molecule has 0 radical (unpaired) electrons. The first-order valence-electron chi connectivity index (χ1n) is 7.73. The van der Waals surface area contributed by atoms with Crippen molar-refractivity contribution in [3.63, 3.8) is 0 Å². The number of alkyl halides is 3. The van der Waals surface area contributed by atoms with E-state index in [1.54, 1.807) is 0 Å². The molecule has 0 aliphatic carbocycles. The van der Waals surface area contributed by atoms with E-state index in [1.807, 2.05) is 4.98 Å². The van der Waals surface area contributed by atoms with Crippen LogP contribution in [-0.2, 0) is 15.7 Å². The molecule has 0 spiro atoms. The molecule has 1 atom stereocenters. The van der Waals surface area contributed by atoms with Crippen molar-refractivity contribution in [1.29, 1.82) is 0 Å². The van der Waals surface area contributed by atoms with E-state index in [1.165, 1.54) is 19.1 Å². The lowest BCUT2D eigenvalue weighted by Crippen LogP contribution is -2.34. The highest BCUT2D eigenvalue weighted by Crippen LogP contribution is 2.40. The number of esters is 1. The molecule has 1 unspecified atom stereocenters. The molecule has 0 amide bonds. The minimum Gasteiger partial charge on any atom is -0.466 e. The third kappa shape index (κ3) is 3.25. The molecule has 0 saturated carbocycles. The second kappa shape index (κ2) is 6.45. The Balaban J connectivity index is 2.32. The smallest absolute Gasteiger partial charge is 0.416 e. The molecule has 10 heteroatoms. The number of H-pyrrole nitrogens is 2. The SMILES string of the molecule is COC(=O)C1=C(C)Nc2[nH]c(=O)[nH]c(=O)c2C1c1cccc(C(F)(F)F)c1. The van der Waals surface area contributed by atoms with Gasteiger partial charge in [0.15, 0.2) is 0 Å². The summed E-state index contributed by atoms with van der Waals surface area (Å²) in [6.45, 7) is 1.50. The van der Waals surface area contributed by atoms with Gasteiger partial charge in [-0.15, -0.1) is 0 Å². The van der Waals surface area contributed by atoms with Gasteiger partial charge in [-0.3, -0.25) is 14.8 Å². The first-order chi connectivity index (χ1) is 12.6. The van der Waals surface area contributed by atoms with Gasteiger partial charge >= 0.3 is 17.8 Å². The second-order valence-corrected chi connectivity index (χ2v) is 5.91. The molecular formula is C17H14F3N3O4. The molecule has 1 aromatic heterocycles. The van der Waals surface area contributed by atoms with Gasteiger partial charge in [-0.25, -0.2) is 9.59 Å². The largest absolute Gasteiger partial charge is 0.466 e. The average Bonchev–Trinajstić information content (AvgIpc) is 2.59. The number of anilines is 1. The lowest BCUT2D eigenvalue weighted by atomic mass is 9.82. The molecule has 1 aliphatic rings. The van der Waals surface area contributed by atoms with Crippen LogP contribution in [0.4, 0.5) is 19.0 Å². The highest BCUT2D eigenvalue weighted by Gasteiger charge is 2.37. The minimum atomic E-state index is -4.60. The Labute approximate surface area is 149 Å². The van der Waals surface area contributed by atoms with Gasteiger partial charge in [0, 0.05) is 5.70 Å². The van der Waals surface area contributed by atoms with Crippen LogP contribution < -0.4 is 16.6 Å². The molecule has 0 fully saturated rings. The maximum Gasteiger partial charge on any atom is 0.416 e. The molecule has 0 bridgehead atoms. The number of carbonyl (C=O) groups is 1. The van der Waals surface area contributed by atoms with E-state index in [2.05, 4.69) is 10.3 Å². The highest BCUT2D eigenvalue weighted by atomic mass is 19.4. The number of methoxy groups -OCH3 is 1. The van der Waals surface area contributed by atoms with E-state index in [9.17, 15) is 27.6 Å². The Kier molecular flexibility index (Phi) is 4.42. The van der Waals surface area contributed by atoms with Crippen molar-refractivity contribution in [2.45, 2.75) is 19.0 Å². The quantitative estimate of drug-likeness (QED) is 0.691. The van der Waals surface area contributed by atoms with Crippen LogP contribution in [0.1, 0.15) is 29.5 Å². The summed E-state index contributed by atoms with van der Waals surface area (Å²) in [7, 11) is 1.12. The standard InChI is InChI=1S/C17H14F3N3O4/c1-7-10(15(25)27-2)11(8-4-3-5-9(6-8)17(18,19)20)12-13(21-7)22-16(26)23-14(12)24/h3-6,11H,1-2H3,(H3,21,22,23,24,26). The molecule has 142 valence electrons. The van der Waals surface area contributed by atoms with Crippen molar-refractivity contribution in [3.05, 3.63) is 73.1 Å². The molecule has 3 rings (SSSR count). The monoisotopic (exact) mass is 381 g/mol. The van der Waals surface area contributed by atoms with Crippen LogP contribution >= 0.6 is 0 Å². The van der Waals surface area contributed by atoms with Crippen molar-refractivity contribution >= 4 is 11.8 Å². The van der Waals surface area contributed by atoms with Gasteiger partial charge in [0.1, 0.15) is 5.82 Å². The molecule has 3 N–H and O–H groups in total. The summed E-state index contributed by atoms with van der Waals surface area (Å²) >= 11 is 0. The van der Waals surface area contributed by atoms with E-state index < -0.39 is 34.9 Å². The first kappa shape index (κ1) is 18.5. The Morgan fingerprint density at radius 3 is 2.52 bits per heavy atom. The van der Waals surface area contributed by atoms with Gasteiger partial charge in [0.2, 0.25) is 0 Å². The summed E-state index contributed by atoms with van der Waals surface area (Å²) in [5, 5.41) is 2.73. The molecule has 0 saturated heterocycles. The number of allylic oxidation sites excluding steroid dienone is 1. The zero-order valence-electron chi connectivity index (χ0n) is 14.2. The number of fused-ring (bicyclic) bond motifs is 1. The van der Waals surface area contributed by atoms with Crippen molar-refractivity contribution in [2.24, 2.45) is 0 Å². The van der Waals surface area contributed by atoms with E-state index in [4.69, 9.17) is 4.74 Å². The number of ether oxygens (including phenoxy) is 1. The lowest BCUT2D eigenvalue weighted by molar-refractivity contribution is -0.137. The number of aromatic nitrogens is 2. The Hall–Kier alpha value is -3.30. The Morgan fingerprint density at radius 1 is 1.19 bits per heavy atom. The molecule has 27 heavy (non-hydrogen) atoms. The third-order valence-corrected chi connectivity index (χ3v) is 4.23. The minimum absolute atomic E-state index is 0.0105. The number of aromatic amines is 2. The van der Waals surface area contributed by atoms with Crippen LogP contribution in [0.15, 0.2) is 45.1 Å². The first-order valence-corrected chi connectivity index (χ1v) is 7.73. The number of rotatable bonds is 2. The van der Waals surface area contributed by atoms with E-state index in [0.29, 0.717) is 0 Å². The maximum atomic E-state index is 13.1. The molecule has 2 aromatic rings. The predicted molar refractivity (Wildman–Crippen MR) is 89.3 cm³/mol. The van der Waals surface area contributed by atoms with E-state index in [0.717, 1.165) is 19.2 Å². The van der Waals surface area contributed by atoms with Crippen LogP contribution in [0.25, 0.3) is 0 Å². The van der Waals surface area contributed by atoms with Gasteiger partial charge in [-0.2, -0.15) is 13.2 Å². The zero-order valence-corrected chi connectivity index (χ0v) is 14.2. The highest BCUT2D eigenvalue weighted by molar-refractivity contribution is 5.94. The fraction of sp³-hybridized carbons (Fsp3) is 0.235. The summed E-state index contributed by atoms with van der Waals surface area (Å²) in [5.74, 6) is -1.95. The van der Waals surface area contributed by atoms with Crippen molar-refractivity contribution in [1.82, 2.24) is 9.97 Å².